The number of nitrogens with one attached hydrogen (secondary N) is 1. The molecule has 0 radical (unpaired) electrons. The van der Waals surface area contributed by atoms with Crippen molar-refractivity contribution in [1.82, 2.24) is 0 Å². The average molecular weight is 286 g/mol. The lowest BCUT2D eigenvalue weighted by Crippen LogP contribution is -2.16. The predicted octanol–water partition coefficient (Wildman–Crippen LogP) is 0.397. The number of ether oxygens (including phenoxy) is 1. The number of rotatable bonds is 7. The van der Waals surface area contributed by atoms with E-state index in [1.807, 2.05) is 0 Å². The van der Waals surface area contributed by atoms with Crippen molar-refractivity contribution in [3.8, 4) is 5.75 Å². The number of carbonyl (C=O) groups is 1. The Labute approximate surface area is 112 Å². The molecule has 0 saturated heterocycles. The van der Waals surface area contributed by atoms with E-state index in [0.29, 0.717) is 24.6 Å². The fourth-order valence-corrected chi connectivity index (χ4v) is 1.87. The number of amides is 1. The van der Waals surface area contributed by atoms with Crippen molar-refractivity contribution >= 4 is 21.4 Å². The van der Waals surface area contributed by atoms with Crippen molar-refractivity contribution in [3.05, 3.63) is 24.3 Å². The van der Waals surface area contributed by atoms with Crippen LogP contribution in [-0.2, 0) is 14.6 Å². The molecule has 0 aliphatic rings. The zero-order valence-electron chi connectivity index (χ0n) is 10.8. The second-order valence-electron chi connectivity index (χ2n) is 4.09. The van der Waals surface area contributed by atoms with E-state index < -0.39 is 9.84 Å². The standard InChI is InChI=1S/C12H18N2O4S/c1-19(16,17)9-6-12(15)14-10-2-4-11(5-3-10)18-8-7-13/h2-5H,6-9,13H2,1H3,(H,14,15). The first-order valence-corrected chi connectivity index (χ1v) is 7.87. The Hall–Kier alpha value is -1.60. The summed E-state index contributed by atoms with van der Waals surface area (Å²) in [6.45, 7) is 0.865. The molecule has 0 heterocycles. The third kappa shape index (κ3) is 6.78. The summed E-state index contributed by atoms with van der Waals surface area (Å²) in [5, 5.41) is 2.61. The first-order valence-electron chi connectivity index (χ1n) is 5.81. The summed E-state index contributed by atoms with van der Waals surface area (Å²) in [7, 11) is -3.12. The van der Waals surface area contributed by atoms with Crippen LogP contribution >= 0.6 is 0 Å². The van der Waals surface area contributed by atoms with Crippen LogP contribution in [0.2, 0.25) is 0 Å². The van der Waals surface area contributed by atoms with Gasteiger partial charge < -0.3 is 15.8 Å². The Morgan fingerprint density at radius 2 is 1.95 bits per heavy atom. The molecule has 0 saturated carbocycles. The van der Waals surface area contributed by atoms with Crippen molar-refractivity contribution < 1.29 is 17.9 Å². The van der Waals surface area contributed by atoms with E-state index in [4.69, 9.17) is 10.5 Å². The first-order chi connectivity index (χ1) is 8.90. The van der Waals surface area contributed by atoms with Gasteiger partial charge in [-0.15, -0.1) is 0 Å². The van der Waals surface area contributed by atoms with Gasteiger partial charge in [0.15, 0.2) is 0 Å². The van der Waals surface area contributed by atoms with E-state index in [1.165, 1.54) is 0 Å². The summed E-state index contributed by atoms with van der Waals surface area (Å²) >= 11 is 0. The highest BCUT2D eigenvalue weighted by Crippen LogP contribution is 2.15. The van der Waals surface area contributed by atoms with Crippen molar-refractivity contribution in [1.29, 1.82) is 0 Å². The maximum atomic E-state index is 11.5. The van der Waals surface area contributed by atoms with Crippen LogP contribution in [0.25, 0.3) is 0 Å². The van der Waals surface area contributed by atoms with Gasteiger partial charge in [0.1, 0.15) is 22.2 Å². The highest BCUT2D eigenvalue weighted by atomic mass is 32.2. The lowest BCUT2D eigenvalue weighted by Gasteiger charge is -2.07. The summed E-state index contributed by atoms with van der Waals surface area (Å²) in [6, 6.07) is 6.79. The van der Waals surface area contributed by atoms with Crippen LogP contribution in [0.4, 0.5) is 5.69 Å². The van der Waals surface area contributed by atoms with Gasteiger partial charge in [0.2, 0.25) is 5.91 Å². The highest BCUT2D eigenvalue weighted by Gasteiger charge is 2.08. The molecule has 1 aromatic rings. The normalized spacial score (nSPS) is 11.1. The molecule has 1 rings (SSSR count). The van der Waals surface area contributed by atoms with Gasteiger partial charge in [-0.1, -0.05) is 0 Å². The molecular weight excluding hydrogens is 268 g/mol. The number of benzene rings is 1. The van der Waals surface area contributed by atoms with Crippen LogP contribution < -0.4 is 15.8 Å². The molecule has 106 valence electrons. The smallest absolute Gasteiger partial charge is 0.225 e. The summed E-state index contributed by atoms with van der Waals surface area (Å²) in [5.41, 5.74) is 5.91. The molecule has 6 nitrogen and oxygen atoms in total. The molecule has 0 bridgehead atoms. The van der Waals surface area contributed by atoms with Crippen molar-refractivity contribution in [2.24, 2.45) is 5.73 Å². The van der Waals surface area contributed by atoms with Crippen LogP contribution in [0.1, 0.15) is 6.42 Å². The van der Waals surface area contributed by atoms with Gasteiger partial charge in [0, 0.05) is 24.9 Å². The maximum Gasteiger partial charge on any atom is 0.225 e. The number of carbonyl (C=O) groups excluding carboxylic acids is 1. The summed E-state index contributed by atoms with van der Waals surface area (Å²) in [4.78, 5) is 11.5. The van der Waals surface area contributed by atoms with E-state index >= 15 is 0 Å². The van der Waals surface area contributed by atoms with Gasteiger partial charge in [-0.2, -0.15) is 0 Å². The van der Waals surface area contributed by atoms with Crippen LogP contribution in [-0.4, -0.2) is 39.5 Å². The second-order valence-corrected chi connectivity index (χ2v) is 6.35. The van der Waals surface area contributed by atoms with E-state index in [1.54, 1.807) is 24.3 Å². The SMILES string of the molecule is CS(=O)(=O)CCC(=O)Nc1ccc(OCCN)cc1. The van der Waals surface area contributed by atoms with Crippen molar-refractivity contribution in [2.45, 2.75) is 6.42 Å². The monoisotopic (exact) mass is 286 g/mol. The second kappa shape index (κ2) is 7.10. The van der Waals surface area contributed by atoms with Crippen LogP contribution in [0.3, 0.4) is 0 Å². The molecule has 1 amide bonds. The lowest BCUT2D eigenvalue weighted by molar-refractivity contribution is -0.115. The van der Waals surface area contributed by atoms with Crippen molar-refractivity contribution in [2.75, 3.05) is 30.5 Å². The molecule has 0 atom stereocenters. The molecule has 0 fully saturated rings. The molecule has 19 heavy (non-hydrogen) atoms. The Morgan fingerprint density at radius 3 is 2.47 bits per heavy atom. The number of anilines is 1. The topological polar surface area (TPSA) is 98.5 Å². The Bertz CT molecular complexity index is 511. The molecular formula is C12H18N2O4S. The molecule has 3 N–H and O–H groups in total. The minimum Gasteiger partial charge on any atom is -0.492 e. The molecule has 0 aliphatic heterocycles. The Morgan fingerprint density at radius 1 is 1.32 bits per heavy atom. The van der Waals surface area contributed by atoms with Gasteiger partial charge in [-0.3, -0.25) is 4.79 Å². The minimum absolute atomic E-state index is 0.0513. The van der Waals surface area contributed by atoms with Crippen LogP contribution in [0.5, 0.6) is 5.75 Å². The summed E-state index contributed by atoms with van der Waals surface area (Å²) < 4.78 is 27.1. The molecule has 7 heteroatoms. The fraction of sp³-hybridized carbons (Fsp3) is 0.417. The van der Waals surface area contributed by atoms with Gasteiger partial charge in [-0.05, 0) is 24.3 Å². The van der Waals surface area contributed by atoms with E-state index in [9.17, 15) is 13.2 Å². The molecule has 0 aromatic heterocycles. The number of hydrogen-bond donors (Lipinski definition) is 2. The molecule has 0 unspecified atom stereocenters. The van der Waals surface area contributed by atoms with Crippen LogP contribution in [0.15, 0.2) is 24.3 Å². The zero-order valence-corrected chi connectivity index (χ0v) is 11.6. The Kier molecular flexibility index (Phi) is 5.78. The lowest BCUT2D eigenvalue weighted by atomic mass is 10.3. The quantitative estimate of drug-likeness (QED) is 0.756. The molecule has 1 aromatic carbocycles. The van der Waals surface area contributed by atoms with E-state index in [0.717, 1.165) is 6.26 Å². The van der Waals surface area contributed by atoms with Gasteiger partial charge in [0.25, 0.3) is 0 Å². The number of sulfone groups is 1. The van der Waals surface area contributed by atoms with E-state index in [2.05, 4.69) is 5.32 Å². The summed E-state index contributed by atoms with van der Waals surface area (Å²) in [5.74, 6) is 0.178. The third-order valence-corrected chi connectivity index (χ3v) is 3.17. The van der Waals surface area contributed by atoms with Gasteiger partial charge in [-0.25, -0.2) is 8.42 Å². The Balaban J connectivity index is 2.46. The maximum absolute atomic E-state index is 11.5. The van der Waals surface area contributed by atoms with E-state index in [-0.39, 0.29) is 18.1 Å². The van der Waals surface area contributed by atoms with Crippen molar-refractivity contribution in [3.63, 3.8) is 0 Å². The minimum atomic E-state index is -3.12. The van der Waals surface area contributed by atoms with Gasteiger partial charge >= 0.3 is 0 Å². The average Bonchev–Trinajstić information content (AvgIpc) is 2.35. The van der Waals surface area contributed by atoms with Crippen LogP contribution in [0, 0.1) is 0 Å². The zero-order chi connectivity index (χ0) is 14.3. The van der Waals surface area contributed by atoms with Gasteiger partial charge in [0.05, 0.1) is 5.75 Å². The summed E-state index contributed by atoms with van der Waals surface area (Å²) in [6.07, 6.45) is 1.05. The highest BCUT2D eigenvalue weighted by molar-refractivity contribution is 7.90. The third-order valence-electron chi connectivity index (χ3n) is 2.22. The number of nitrogens with two attached hydrogens (primary N) is 1. The first kappa shape index (κ1) is 15.5. The predicted molar refractivity (Wildman–Crippen MR) is 73.9 cm³/mol. The fourth-order valence-electron chi connectivity index (χ4n) is 1.31. The number of hydrogen-bond acceptors (Lipinski definition) is 5. The molecule has 0 aliphatic carbocycles. The largest absolute Gasteiger partial charge is 0.492 e. The molecule has 0 spiro atoms.